The Hall–Kier alpha value is -3.72. The molecule has 2 amide bonds. The average Bonchev–Trinajstić information content (AvgIpc) is 3.51. The molecule has 0 radical (unpaired) electrons. The van der Waals surface area contributed by atoms with Crippen LogP contribution in [0.4, 0.5) is 35.1 Å². The maximum atomic E-state index is 15.8. The summed E-state index contributed by atoms with van der Waals surface area (Å²) < 4.78 is 112. The summed E-state index contributed by atoms with van der Waals surface area (Å²) >= 11 is 0. The van der Waals surface area contributed by atoms with Crippen LogP contribution < -0.4 is 5.32 Å². The summed E-state index contributed by atoms with van der Waals surface area (Å²) in [6, 6.07) is 2.57. The fourth-order valence-corrected chi connectivity index (χ4v) is 5.56. The molecule has 1 saturated carbocycles. The van der Waals surface area contributed by atoms with Crippen molar-refractivity contribution in [2.75, 3.05) is 13.1 Å². The molecule has 228 valence electrons. The van der Waals surface area contributed by atoms with E-state index in [4.69, 9.17) is 0 Å². The molecule has 5 rings (SSSR count). The van der Waals surface area contributed by atoms with E-state index in [0.717, 1.165) is 6.07 Å². The Labute approximate surface area is 233 Å². The molecule has 2 aliphatic rings. The predicted molar refractivity (Wildman–Crippen MR) is 131 cm³/mol. The molecule has 1 aromatic carbocycles. The van der Waals surface area contributed by atoms with Gasteiger partial charge in [0.05, 0.1) is 37.0 Å². The summed E-state index contributed by atoms with van der Waals surface area (Å²) in [5.74, 6) is -12.0. The number of nitrogens with zero attached hydrogens (tertiary/aromatic N) is 4. The third-order valence-corrected chi connectivity index (χ3v) is 7.77. The van der Waals surface area contributed by atoms with Gasteiger partial charge in [0.1, 0.15) is 17.0 Å². The smallest absolute Gasteiger partial charge is 0.340 e. The second kappa shape index (κ2) is 10.5. The summed E-state index contributed by atoms with van der Waals surface area (Å²) in [6.45, 7) is -2.15. The van der Waals surface area contributed by atoms with Gasteiger partial charge in [0.15, 0.2) is 5.82 Å². The van der Waals surface area contributed by atoms with Crippen molar-refractivity contribution in [1.29, 1.82) is 0 Å². The average molecular weight is 607 g/mol. The van der Waals surface area contributed by atoms with Crippen molar-refractivity contribution in [3.63, 3.8) is 0 Å². The molecule has 2 aromatic heterocycles. The number of hydrogen-bond donors (Lipinski definition) is 2. The number of H-pyrrole nitrogens is 1. The van der Waals surface area contributed by atoms with E-state index in [-0.39, 0.29) is 29.9 Å². The van der Waals surface area contributed by atoms with Crippen LogP contribution in [0.15, 0.2) is 24.4 Å². The van der Waals surface area contributed by atoms with Gasteiger partial charge >= 0.3 is 6.18 Å². The molecule has 1 aliphatic heterocycles. The SMILES string of the molecule is Cn1nccc1C(=O)NC(c1nc2c(F)c(C(CC(F)(F)F)C(=O)N3CC(F)(F)C3)ccc2[nH]1)C1CCC(F)(F)CC1. The Balaban J connectivity index is 1.50. The second-order valence-corrected chi connectivity index (χ2v) is 10.9. The highest BCUT2D eigenvalue weighted by Gasteiger charge is 2.50. The number of amides is 2. The van der Waals surface area contributed by atoms with Crippen molar-refractivity contribution >= 4 is 22.8 Å². The number of alkyl halides is 7. The Morgan fingerprint density at radius 2 is 1.76 bits per heavy atom. The van der Waals surface area contributed by atoms with E-state index in [2.05, 4.69) is 20.4 Å². The molecular weight excluding hydrogens is 580 g/mol. The molecule has 42 heavy (non-hydrogen) atoms. The van der Waals surface area contributed by atoms with E-state index in [9.17, 15) is 40.3 Å². The van der Waals surface area contributed by atoms with Gasteiger partial charge < -0.3 is 15.2 Å². The molecule has 2 unspecified atom stereocenters. The van der Waals surface area contributed by atoms with Crippen molar-refractivity contribution in [3.8, 4) is 0 Å². The van der Waals surface area contributed by atoms with Crippen LogP contribution in [0.1, 0.15) is 65.9 Å². The number of carbonyl (C=O) groups excluding carboxylic acids is 2. The number of fused-ring (bicyclic) bond motifs is 1. The second-order valence-electron chi connectivity index (χ2n) is 10.9. The van der Waals surface area contributed by atoms with E-state index in [1.807, 2.05) is 0 Å². The quantitative estimate of drug-likeness (QED) is 0.360. The van der Waals surface area contributed by atoms with E-state index >= 15 is 4.39 Å². The Bertz CT molecular complexity index is 1480. The Morgan fingerprint density at radius 3 is 2.33 bits per heavy atom. The number of rotatable bonds is 7. The minimum Gasteiger partial charge on any atom is -0.340 e. The monoisotopic (exact) mass is 606 g/mol. The number of nitrogens with one attached hydrogen (secondary N) is 2. The van der Waals surface area contributed by atoms with E-state index in [1.165, 1.54) is 30.1 Å². The van der Waals surface area contributed by atoms with Gasteiger partial charge in [-0.05, 0) is 30.9 Å². The number of aromatic nitrogens is 4. The number of carbonyl (C=O) groups is 2. The third-order valence-electron chi connectivity index (χ3n) is 7.77. The van der Waals surface area contributed by atoms with Gasteiger partial charge in [-0.3, -0.25) is 14.3 Å². The molecule has 2 fully saturated rings. The van der Waals surface area contributed by atoms with Gasteiger partial charge in [0.2, 0.25) is 11.8 Å². The largest absolute Gasteiger partial charge is 0.390 e. The fourth-order valence-electron chi connectivity index (χ4n) is 5.56. The predicted octanol–water partition coefficient (Wildman–Crippen LogP) is 5.25. The molecule has 3 aromatic rings. The summed E-state index contributed by atoms with van der Waals surface area (Å²) in [7, 11) is 1.52. The standard InChI is InChI=1S/C26H26F8N6O2/c1-39-17(6-9-35-39)22(41)38-19(13-4-7-24(28,29)8-5-13)21-36-16-3-2-14(18(27)20(16)37-21)15(10-26(32,33)34)23(42)40-11-25(30,31)12-40/h2-3,6,9,13,15,19H,4-5,7-8,10-12H2,1H3,(H,36,37)(H,38,41). The highest BCUT2D eigenvalue weighted by atomic mass is 19.4. The topological polar surface area (TPSA) is 95.9 Å². The number of benzene rings is 1. The zero-order valence-electron chi connectivity index (χ0n) is 22.1. The Morgan fingerprint density at radius 1 is 1.10 bits per heavy atom. The van der Waals surface area contributed by atoms with Crippen LogP contribution in [0, 0.1) is 11.7 Å². The molecular formula is C26H26F8N6O2. The zero-order valence-corrected chi connectivity index (χ0v) is 22.1. The lowest BCUT2D eigenvalue weighted by Gasteiger charge is -2.40. The molecule has 2 N–H and O–H groups in total. The fraction of sp³-hybridized carbons (Fsp3) is 0.538. The van der Waals surface area contributed by atoms with Gasteiger partial charge in [-0.25, -0.2) is 26.9 Å². The lowest BCUT2D eigenvalue weighted by atomic mass is 9.81. The van der Waals surface area contributed by atoms with Crippen LogP contribution in [0.2, 0.25) is 0 Å². The molecule has 0 bridgehead atoms. The van der Waals surface area contributed by atoms with E-state index < -0.39 is 97.0 Å². The molecule has 2 atom stereocenters. The number of likely N-dealkylation sites (tertiary alicyclic amines) is 1. The van der Waals surface area contributed by atoms with Crippen molar-refractivity contribution in [2.45, 2.75) is 62.1 Å². The highest BCUT2D eigenvalue weighted by Crippen LogP contribution is 2.42. The van der Waals surface area contributed by atoms with Crippen LogP contribution in [0.25, 0.3) is 11.0 Å². The number of aromatic amines is 1. The Kier molecular flexibility index (Phi) is 7.46. The van der Waals surface area contributed by atoms with Crippen molar-refractivity contribution in [3.05, 3.63) is 47.3 Å². The number of aryl methyl sites for hydroxylation is 1. The van der Waals surface area contributed by atoms with Gasteiger partial charge in [-0.1, -0.05) is 6.07 Å². The van der Waals surface area contributed by atoms with Crippen molar-refractivity contribution < 1.29 is 44.7 Å². The lowest BCUT2D eigenvalue weighted by Crippen LogP contribution is -2.59. The third kappa shape index (κ3) is 6.07. The first-order valence-corrected chi connectivity index (χ1v) is 13.1. The zero-order chi connectivity index (χ0) is 30.6. The van der Waals surface area contributed by atoms with E-state index in [1.54, 1.807) is 0 Å². The molecule has 0 spiro atoms. The first kappa shape index (κ1) is 29.8. The number of halogens is 8. The van der Waals surface area contributed by atoms with Crippen LogP contribution in [0.5, 0.6) is 0 Å². The maximum Gasteiger partial charge on any atom is 0.390 e. The molecule has 16 heteroatoms. The summed E-state index contributed by atoms with van der Waals surface area (Å²) in [6.07, 6.45) is -6.24. The summed E-state index contributed by atoms with van der Waals surface area (Å²) in [4.78, 5) is 33.4. The molecule has 8 nitrogen and oxygen atoms in total. The first-order chi connectivity index (χ1) is 19.5. The van der Waals surface area contributed by atoms with Gasteiger partial charge in [-0.15, -0.1) is 0 Å². The van der Waals surface area contributed by atoms with Crippen LogP contribution >= 0.6 is 0 Å². The van der Waals surface area contributed by atoms with Crippen molar-refractivity contribution in [2.24, 2.45) is 13.0 Å². The summed E-state index contributed by atoms with van der Waals surface area (Å²) in [5.41, 5.74) is -0.958. The number of hydrogen-bond acceptors (Lipinski definition) is 4. The van der Waals surface area contributed by atoms with Crippen LogP contribution in [0.3, 0.4) is 0 Å². The molecule has 1 saturated heterocycles. The van der Waals surface area contributed by atoms with Gasteiger partial charge in [0.25, 0.3) is 11.8 Å². The normalized spacial score (nSPS) is 20.3. The van der Waals surface area contributed by atoms with Crippen molar-refractivity contribution in [1.82, 2.24) is 30.0 Å². The number of imidazole rings is 1. The highest BCUT2D eigenvalue weighted by molar-refractivity contribution is 5.93. The summed E-state index contributed by atoms with van der Waals surface area (Å²) in [5, 5.41) is 6.66. The maximum absolute atomic E-state index is 15.8. The first-order valence-electron chi connectivity index (χ1n) is 13.1. The minimum absolute atomic E-state index is 0.00324. The molecule has 3 heterocycles. The van der Waals surface area contributed by atoms with Gasteiger partial charge in [-0.2, -0.15) is 18.3 Å². The lowest BCUT2D eigenvalue weighted by molar-refractivity contribution is -0.175. The van der Waals surface area contributed by atoms with Gasteiger partial charge in [0, 0.05) is 31.6 Å². The van der Waals surface area contributed by atoms with Crippen LogP contribution in [-0.2, 0) is 11.8 Å². The van der Waals surface area contributed by atoms with Crippen LogP contribution in [-0.4, -0.2) is 67.6 Å². The molecule has 1 aliphatic carbocycles. The minimum atomic E-state index is -4.92. The van der Waals surface area contributed by atoms with E-state index in [0.29, 0.717) is 4.90 Å².